The third-order valence-electron chi connectivity index (χ3n) is 3.89. The van der Waals surface area contributed by atoms with Crippen molar-refractivity contribution in [2.45, 2.75) is 32.6 Å². The lowest BCUT2D eigenvalue weighted by atomic mass is 9.93. The van der Waals surface area contributed by atoms with Crippen molar-refractivity contribution < 1.29 is 19.0 Å². The lowest BCUT2D eigenvalue weighted by molar-refractivity contribution is 0.0950. The van der Waals surface area contributed by atoms with Gasteiger partial charge in [0, 0.05) is 23.8 Å². The number of ether oxygens (including phenoxy) is 3. The Bertz CT molecular complexity index is 765. The van der Waals surface area contributed by atoms with Crippen LogP contribution in [0.5, 0.6) is 17.2 Å². The quantitative estimate of drug-likeness (QED) is 0.799. The Morgan fingerprint density at radius 1 is 1.12 bits per heavy atom. The Hall–Kier alpha value is -2.28. The van der Waals surface area contributed by atoms with Crippen molar-refractivity contribution in [2.24, 2.45) is 0 Å². The van der Waals surface area contributed by atoms with E-state index in [2.05, 4.69) is 36.5 Å². The van der Waals surface area contributed by atoms with Crippen LogP contribution in [-0.4, -0.2) is 38.8 Å². The molecule has 0 aliphatic heterocycles. The molecule has 2 aromatic rings. The lowest BCUT2D eigenvalue weighted by Gasteiger charge is -2.15. The number of methoxy groups -OCH3 is 3. The highest BCUT2D eigenvalue weighted by Gasteiger charge is 2.21. The molecular weight excluding hydrogens is 352 g/mol. The summed E-state index contributed by atoms with van der Waals surface area (Å²) in [6.45, 7) is 6.90. The van der Waals surface area contributed by atoms with Crippen LogP contribution < -0.4 is 19.5 Å². The second-order valence-electron chi connectivity index (χ2n) is 6.76. The zero-order valence-electron chi connectivity index (χ0n) is 16.1. The average Bonchev–Trinajstić information content (AvgIpc) is 3.09. The summed E-state index contributed by atoms with van der Waals surface area (Å²) in [5.41, 5.74) is 1.51. The lowest BCUT2D eigenvalue weighted by Crippen LogP contribution is -2.26. The number of carbonyl (C=O) groups is 1. The van der Waals surface area contributed by atoms with Crippen LogP contribution in [0.1, 0.15) is 41.8 Å². The SMILES string of the molecule is COc1ccc(C(=O)NCCc2nc(C(C)(C)C)cs2)c(OC)c1OC. The van der Waals surface area contributed by atoms with E-state index in [4.69, 9.17) is 14.2 Å². The van der Waals surface area contributed by atoms with Gasteiger partial charge in [-0.3, -0.25) is 4.79 Å². The molecule has 7 heteroatoms. The third kappa shape index (κ3) is 4.46. The third-order valence-corrected chi connectivity index (χ3v) is 4.80. The number of nitrogens with one attached hydrogen (secondary N) is 1. The number of hydrogen-bond acceptors (Lipinski definition) is 6. The van der Waals surface area contributed by atoms with Crippen LogP contribution >= 0.6 is 11.3 Å². The summed E-state index contributed by atoms with van der Waals surface area (Å²) in [5.74, 6) is 1.04. The first-order chi connectivity index (χ1) is 12.3. The van der Waals surface area contributed by atoms with E-state index in [0.29, 0.717) is 35.8 Å². The standard InChI is InChI=1S/C19H26N2O4S/c1-19(2,3)14-11-26-15(21-14)9-10-20-18(22)12-7-8-13(23-4)17(25-6)16(12)24-5/h7-8,11H,9-10H2,1-6H3,(H,20,22). The molecule has 0 unspecified atom stereocenters. The maximum atomic E-state index is 12.5. The molecule has 2 rings (SSSR count). The fourth-order valence-corrected chi connectivity index (χ4v) is 3.45. The zero-order chi connectivity index (χ0) is 19.3. The molecule has 0 bridgehead atoms. The van der Waals surface area contributed by atoms with Gasteiger partial charge in [0.1, 0.15) is 0 Å². The maximum absolute atomic E-state index is 12.5. The molecule has 0 saturated heterocycles. The van der Waals surface area contributed by atoms with Crippen LogP contribution in [0.4, 0.5) is 0 Å². The van der Waals surface area contributed by atoms with Crippen LogP contribution in [0.3, 0.4) is 0 Å². The smallest absolute Gasteiger partial charge is 0.255 e. The highest BCUT2D eigenvalue weighted by molar-refractivity contribution is 7.09. The zero-order valence-corrected chi connectivity index (χ0v) is 17.0. The molecule has 0 aliphatic rings. The maximum Gasteiger partial charge on any atom is 0.255 e. The fraction of sp³-hybridized carbons (Fsp3) is 0.474. The number of nitrogens with zero attached hydrogens (tertiary/aromatic N) is 1. The molecule has 142 valence electrons. The largest absolute Gasteiger partial charge is 0.493 e. The molecule has 0 saturated carbocycles. The van der Waals surface area contributed by atoms with Gasteiger partial charge in [-0.15, -0.1) is 11.3 Å². The van der Waals surface area contributed by atoms with E-state index in [-0.39, 0.29) is 11.3 Å². The van der Waals surface area contributed by atoms with E-state index in [0.717, 1.165) is 10.7 Å². The van der Waals surface area contributed by atoms with Crippen molar-refractivity contribution in [2.75, 3.05) is 27.9 Å². The van der Waals surface area contributed by atoms with Gasteiger partial charge in [0.15, 0.2) is 11.5 Å². The Labute approximate surface area is 158 Å². The summed E-state index contributed by atoms with van der Waals surface area (Å²) in [6.07, 6.45) is 0.683. The van der Waals surface area contributed by atoms with Gasteiger partial charge >= 0.3 is 0 Å². The summed E-state index contributed by atoms with van der Waals surface area (Å²) >= 11 is 1.62. The van der Waals surface area contributed by atoms with Crippen molar-refractivity contribution >= 4 is 17.2 Å². The fourth-order valence-electron chi connectivity index (χ4n) is 2.43. The average molecular weight is 378 g/mol. The van der Waals surface area contributed by atoms with Crippen molar-refractivity contribution in [3.8, 4) is 17.2 Å². The molecule has 26 heavy (non-hydrogen) atoms. The van der Waals surface area contributed by atoms with E-state index in [9.17, 15) is 4.79 Å². The minimum Gasteiger partial charge on any atom is -0.493 e. The summed E-state index contributed by atoms with van der Waals surface area (Å²) in [5, 5.41) is 6.00. The molecule has 1 heterocycles. The van der Waals surface area contributed by atoms with Gasteiger partial charge in [0.05, 0.1) is 37.6 Å². The summed E-state index contributed by atoms with van der Waals surface area (Å²) in [6, 6.07) is 3.35. The summed E-state index contributed by atoms with van der Waals surface area (Å²) in [4.78, 5) is 17.2. The number of aromatic nitrogens is 1. The Kier molecular flexibility index (Phi) is 6.47. The van der Waals surface area contributed by atoms with E-state index in [1.807, 2.05) is 0 Å². The number of carbonyl (C=O) groups excluding carboxylic acids is 1. The first-order valence-electron chi connectivity index (χ1n) is 8.33. The highest BCUT2D eigenvalue weighted by Crippen LogP contribution is 2.39. The molecule has 0 radical (unpaired) electrons. The van der Waals surface area contributed by atoms with Crippen molar-refractivity contribution in [3.05, 3.63) is 33.8 Å². The molecule has 0 fully saturated rings. The Balaban J connectivity index is 2.05. The van der Waals surface area contributed by atoms with E-state index in [1.54, 1.807) is 23.5 Å². The molecule has 1 amide bonds. The van der Waals surface area contributed by atoms with Gasteiger partial charge in [0.25, 0.3) is 5.91 Å². The van der Waals surface area contributed by atoms with Crippen LogP contribution in [-0.2, 0) is 11.8 Å². The highest BCUT2D eigenvalue weighted by atomic mass is 32.1. The van der Waals surface area contributed by atoms with E-state index < -0.39 is 0 Å². The van der Waals surface area contributed by atoms with Gasteiger partial charge in [-0.25, -0.2) is 4.98 Å². The van der Waals surface area contributed by atoms with Crippen LogP contribution in [0.2, 0.25) is 0 Å². The normalized spacial score (nSPS) is 11.2. The summed E-state index contributed by atoms with van der Waals surface area (Å²) < 4.78 is 15.9. The van der Waals surface area contributed by atoms with Gasteiger partial charge in [-0.2, -0.15) is 0 Å². The van der Waals surface area contributed by atoms with Gasteiger partial charge in [0.2, 0.25) is 5.75 Å². The molecule has 1 aromatic heterocycles. The van der Waals surface area contributed by atoms with Crippen molar-refractivity contribution in [1.82, 2.24) is 10.3 Å². The van der Waals surface area contributed by atoms with Gasteiger partial charge in [-0.1, -0.05) is 20.8 Å². The van der Waals surface area contributed by atoms with Crippen molar-refractivity contribution in [1.29, 1.82) is 0 Å². The number of thiazole rings is 1. The molecule has 1 N–H and O–H groups in total. The van der Waals surface area contributed by atoms with Crippen LogP contribution in [0.25, 0.3) is 0 Å². The van der Waals surface area contributed by atoms with Gasteiger partial charge < -0.3 is 19.5 Å². The minimum absolute atomic E-state index is 0.0328. The van der Waals surface area contributed by atoms with Crippen molar-refractivity contribution in [3.63, 3.8) is 0 Å². The summed E-state index contributed by atoms with van der Waals surface area (Å²) in [7, 11) is 4.55. The predicted molar refractivity (Wildman–Crippen MR) is 103 cm³/mol. The molecule has 0 atom stereocenters. The van der Waals surface area contributed by atoms with Crippen LogP contribution in [0, 0.1) is 0 Å². The number of rotatable bonds is 7. The van der Waals surface area contributed by atoms with Crippen LogP contribution in [0.15, 0.2) is 17.5 Å². The Morgan fingerprint density at radius 2 is 1.81 bits per heavy atom. The second kappa shape index (κ2) is 8.40. The topological polar surface area (TPSA) is 69.7 Å². The second-order valence-corrected chi connectivity index (χ2v) is 7.71. The first kappa shape index (κ1) is 20.0. The molecular formula is C19H26N2O4S. The van der Waals surface area contributed by atoms with Gasteiger partial charge in [-0.05, 0) is 12.1 Å². The first-order valence-corrected chi connectivity index (χ1v) is 9.21. The molecule has 1 aromatic carbocycles. The molecule has 0 aliphatic carbocycles. The van der Waals surface area contributed by atoms with E-state index in [1.165, 1.54) is 21.3 Å². The number of amides is 1. The minimum atomic E-state index is -0.226. The van der Waals surface area contributed by atoms with E-state index >= 15 is 0 Å². The molecule has 0 spiro atoms. The predicted octanol–water partition coefficient (Wildman–Crippen LogP) is 3.44. The monoisotopic (exact) mass is 378 g/mol. The number of benzene rings is 1. The Morgan fingerprint density at radius 3 is 2.35 bits per heavy atom. The number of hydrogen-bond donors (Lipinski definition) is 1. The molecule has 6 nitrogen and oxygen atoms in total.